The summed E-state index contributed by atoms with van der Waals surface area (Å²) in [6.07, 6.45) is 12.0. The molecule has 0 saturated carbocycles. The van der Waals surface area contributed by atoms with Gasteiger partial charge in [0.05, 0.1) is 29.7 Å². The maximum atomic E-state index is 13.1. The second kappa shape index (κ2) is 12.9. The topological polar surface area (TPSA) is 46.6 Å². The highest BCUT2D eigenvalue weighted by molar-refractivity contribution is 6.22. The highest BCUT2D eigenvalue weighted by Gasteiger charge is 2.49. The van der Waals surface area contributed by atoms with Crippen LogP contribution in [0.4, 0.5) is 5.69 Å². The zero-order chi connectivity index (χ0) is 21.9. The van der Waals surface area contributed by atoms with Gasteiger partial charge in [-0.25, -0.2) is 4.90 Å². The Bertz CT molecular complexity index is 645. The van der Waals surface area contributed by atoms with Gasteiger partial charge in [-0.3, -0.25) is 9.59 Å². The SMILES string of the molecule is CCCCCCCCCCC(C)OC(CC)C1C(=O)N(c2ccccc2)C(=O)C1C. The van der Waals surface area contributed by atoms with Crippen molar-refractivity contribution in [3.8, 4) is 0 Å². The first kappa shape index (κ1) is 24.6. The molecule has 4 atom stereocenters. The van der Waals surface area contributed by atoms with Gasteiger partial charge in [-0.1, -0.05) is 90.3 Å². The molecule has 0 aliphatic carbocycles. The molecule has 2 rings (SSSR count). The summed E-state index contributed by atoms with van der Waals surface area (Å²) in [7, 11) is 0. The lowest BCUT2D eigenvalue weighted by Crippen LogP contribution is -2.36. The number of carbonyl (C=O) groups is 2. The monoisotopic (exact) mass is 415 g/mol. The van der Waals surface area contributed by atoms with Crippen molar-refractivity contribution in [3.63, 3.8) is 0 Å². The molecule has 1 aromatic rings. The number of benzene rings is 1. The van der Waals surface area contributed by atoms with Crippen LogP contribution in [0.15, 0.2) is 30.3 Å². The van der Waals surface area contributed by atoms with Gasteiger partial charge in [0.15, 0.2) is 0 Å². The van der Waals surface area contributed by atoms with Crippen LogP contribution in [0.3, 0.4) is 0 Å². The van der Waals surface area contributed by atoms with Crippen LogP contribution in [0.25, 0.3) is 0 Å². The fraction of sp³-hybridized carbons (Fsp3) is 0.692. The van der Waals surface area contributed by atoms with Crippen LogP contribution < -0.4 is 4.90 Å². The predicted octanol–water partition coefficient (Wildman–Crippen LogP) is 6.53. The van der Waals surface area contributed by atoms with Crippen LogP contribution in [0.1, 0.15) is 91.9 Å². The average molecular weight is 416 g/mol. The van der Waals surface area contributed by atoms with Crippen LogP contribution in [0.5, 0.6) is 0 Å². The average Bonchev–Trinajstić information content (AvgIpc) is 2.97. The number of unbranched alkanes of at least 4 members (excludes halogenated alkanes) is 7. The minimum Gasteiger partial charge on any atom is -0.374 e. The fourth-order valence-electron chi connectivity index (χ4n) is 4.51. The van der Waals surface area contributed by atoms with Gasteiger partial charge in [0, 0.05) is 0 Å². The Kier molecular flexibility index (Phi) is 10.6. The number of nitrogens with zero attached hydrogens (tertiary/aromatic N) is 1. The number of rotatable bonds is 14. The number of imide groups is 1. The van der Waals surface area contributed by atoms with Gasteiger partial charge >= 0.3 is 0 Å². The molecule has 168 valence electrons. The lowest BCUT2D eigenvalue weighted by Gasteiger charge is -2.27. The zero-order valence-electron chi connectivity index (χ0n) is 19.4. The molecule has 4 nitrogen and oxygen atoms in total. The van der Waals surface area contributed by atoms with Crippen LogP contribution in [0, 0.1) is 11.8 Å². The third kappa shape index (κ3) is 6.66. The molecule has 1 heterocycles. The Balaban J connectivity index is 1.83. The van der Waals surface area contributed by atoms with Gasteiger partial charge in [0.2, 0.25) is 11.8 Å². The van der Waals surface area contributed by atoms with Gasteiger partial charge in [-0.2, -0.15) is 0 Å². The summed E-state index contributed by atoms with van der Waals surface area (Å²) in [6.45, 7) is 8.26. The van der Waals surface area contributed by atoms with E-state index in [0.717, 1.165) is 19.3 Å². The van der Waals surface area contributed by atoms with E-state index < -0.39 is 5.92 Å². The van der Waals surface area contributed by atoms with Crippen LogP contribution in [-0.4, -0.2) is 24.0 Å². The van der Waals surface area contributed by atoms with Crippen LogP contribution >= 0.6 is 0 Å². The molecule has 1 aromatic carbocycles. The Morgan fingerprint density at radius 2 is 1.50 bits per heavy atom. The minimum absolute atomic E-state index is 0.107. The summed E-state index contributed by atoms with van der Waals surface area (Å²) in [6, 6.07) is 9.23. The van der Waals surface area contributed by atoms with Crippen LogP contribution in [0.2, 0.25) is 0 Å². The molecule has 0 spiro atoms. The van der Waals surface area contributed by atoms with Crippen molar-refractivity contribution in [1.29, 1.82) is 0 Å². The molecule has 30 heavy (non-hydrogen) atoms. The summed E-state index contributed by atoms with van der Waals surface area (Å²) < 4.78 is 6.32. The van der Waals surface area contributed by atoms with E-state index in [1.54, 1.807) is 0 Å². The number of hydrogen-bond donors (Lipinski definition) is 0. The summed E-state index contributed by atoms with van der Waals surface area (Å²) in [4.78, 5) is 27.3. The van der Waals surface area contributed by atoms with Crippen molar-refractivity contribution in [1.82, 2.24) is 0 Å². The smallest absolute Gasteiger partial charge is 0.240 e. The predicted molar refractivity (Wildman–Crippen MR) is 123 cm³/mol. The first-order valence-electron chi connectivity index (χ1n) is 12.1. The van der Waals surface area contributed by atoms with Gasteiger partial charge in [0.25, 0.3) is 0 Å². The van der Waals surface area contributed by atoms with E-state index in [4.69, 9.17) is 4.74 Å². The Hall–Kier alpha value is -1.68. The molecule has 2 amide bonds. The van der Waals surface area contributed by atoms with E-state index in [1.165, 1.54) is 49.8 Å². The maximum Gasteiger partial charge on any atom is 0.240 e. The number of ether oxygens (including phenoxy) is 1. The maximum absolute atomic E-state index is 13.1. The molecule has 0 N–H and O–H groups in total. The number of carbonyl (C=O) groups excluding carboxylic acids is 2. The Labute approximate surface area is 183 Å². The number of anilines is 1. The third-order valence-electron chi connectivity index (χ3n) is 6.34. The van der Waals surface area contributed by atoms with E-state index in [-0.39, 0.29) is 29.9 Å². The standard InChI is InChI=1S/C26H41NO3/c1-5-7-8-9-10-11-12-14-17-20(3)30-23(6-2)24-21(4)25(28)27(26(24)29)22-18-15-13-16-19-22/h13,15-16,18-21,23-24H,5-12,14,17H2,1-4H3. The normalized spacial score (nSPS) is 21.3. The van der Waals surface area contributed by atoms with Crippen molar-refractivity contribution >= 4 is 17.5 Å². The molecule has 0 bridgehead atoms. The Morgan fingerprint density at radius 1 is 0.900 bits per heavy atom. The zero-order valence-corrected chi connectivity index (χ0v) is 19.4. The van der Waals surface area contributed by atoms with E-state index in [2.05, 4.69) is 13.8 Å². The van der Waals surface area contributed by atoms with Gasteiger partial charge in [-0.05, 0) is 31.9 Å². The van der Waals surface area contributed by atoms with Crippen molar-refractivity contribution in [3.05, 3.63) is 30.3 Å². The van der Waals surface area contributed by atoms with E-state index in [9.17, 15) is 9.59 Å². The van der Waals surface area contributed by atoms with Crippen LogP contribution in [-0.2, 0) is 14.3 Å². The third-order valence-corrected chi connectivity index (χ3v) is 6.34. The van der Waals surface area contributed by atoms with Gasteiger partial charge in [-0.15, -0.1) is 0 Å². The molecule has 4 heteroatoms. The van der Waals surface area contributed by atoms with E-state index >= 15 is 0 Å². The molecule has 4 unspecified atom stereocenters. The largest absolute Gasteiger partial charge is 0.374 e. The molecule has 1 aliphatic heterocycles. The fourth-order valence-corrected chi connectivity index (χ4v) is 4.51. The minimum atomic E-state index is -0.399. The van der Waals surface area contributed by atoms with E-state index in [1.807, 2.05) is 44.2 Å². The number of amides is 2. The molecular formula is C26H41NO3. The first-order chi connectivity index (χ1) is 14.5. The number of para-hydroxylation sites is 1. The summed E-state index contributed by atoms with van der Waals surface area (Å²) in [5, 5.41) is 0. The van der Waals surface area contributed by atoms with E-state index in [0.29, 0.717) is 5.69 Å². The molecule has 1 aliphatic rings. The Morgan fingerprint density at radius 3 is 2.10 bits per heavy atom. The summed E-state index contributed by atoms with van der Waals surface area (Å²) in [5.74, 6) is -0.986. The first-order valence-corrected chi connectivity index (χ1v) is 12.1. The quantitative estimate of drug-likeness (QED) is 0.256. The highest BCUT2D eigenvalue weighted by Crippen LogP contribution is 2.35. The summed E-state index contributed by atoms with van der Waals surface area (Å²) >= 11 is 0. The van der Waals surface area contributed by atoms with Crippen molar-refractivity contribution in [2.75, 3.05) is 4.90 Å². The second-order valence-corrected chi connectivity index (χ2v) is 8.82. The highest BCUT2D eigenvalue weighted by atomic mass is 16.5. The summed E-state index contributed by atoms with van der Waals surface area (Å²) in [5.41, 5.74) is 0.656. The molecule has 0 aromatic heterocycles. The van der Waals surface area contributed by atoms with Gasteiger partial charge < -0.3 is 4.74 Å². The molecule has 1 fully saturated rings. The van der Waals surface area contributed by atoms with Crippen molar-refractivity contribution < 1.29 is 14.3 Å². The molecule has 0 radical (unpaired) electrons. The lowest BCUT2D eigenvalue weighted by atomic mass is 9.89. The molecule has 1 saturated heterocycles. The second-order valence-electron chi connectivity index (χ2n) is 8.82. The number of hydrogen-bond acceptors (Lipinski definition) is 3. The lowest BCUT2D eigenvalue weighted by molar-refractivity contribution is -0.129. The van der Waals surface area contributed by atoms with Crippen molar-refractivity contribution in [2.24, 2.45) is 11.8 Å². The van der Waals surface area contributed by atoms with Gasteiger partial charge in [0.1, 0.15) is 0 Å². The molecular weight excluding hydrogens is 374 g/mol. The van der Waals surface area contributed by atoms with Crippen molar-refractivity contribution in [2.45, 2.75) is 104 Å².